The van der Waals surface area contributed by atoms with Crippen molar-refractivity contribution in [3.63, 3.8) is 0 Å². The summed E-state index contributed by atoms with van der Waals surface area (Å²) in [7, 11) is -1.29. The molecular weight excluding hydrogens is 402 g/mol. The first-order chi connectivity index (χ1) is 14.3. The second-order valence-electron chi connectivity index (χ2n) is 7.91. The topological polar surface area (TPSA) is 95.5 Å². The fraction of sp³-hybridized carbons (Fsp3) is 0.476. The number of aromatic nitrogens is 2. The molecule has 0 bridgehead atoms. The first kappa shape index (κ1) is 20.6. The minimum Gasteiger partial charge on any atom is -0.351 e. The third-order valence-corrected chi connectivity index (χ3v) is 7.42. The van der Waals surface area contributed by atoms with Gasteiger partial charge in [-0.05, 0) is 36.1 Å². The monoisotopic (exact) mass is 429 g/mol. The number of carbonyl (C=O) groups excluding carboxylic acids is 1. The highest BCUT2D eigenvalue weighted by molar-refractivity contribution is 7.90. The molecule has 0 spiro atoms. The summed E-state index contributed by atoms with van der Waals surface area (Å²) < 4.78 is 23.8. The number of anilines is 4. The molecule has 4 rings (SSSR count). The van der Waals surface area contributed by atoms with Gasteiger partial charge < -0.3 is 15.1 Å². The Labute approximate surface area is 177 Å². The number of hydrogen-bond acceptors (Lipinski definition) is 7. The fourth-order valence-electron chi connectivity index (χ4n) is 4.22. The average molecular weight is 430 g/mol. The zero-order valence-corrected chi connectivity index (χ0v) is 18.4. The SMILES string of the molecule is CCC(CC)N1CCC(=O)N(C)c2cnc(Nc3ccc4c(c3)CS(=O)(=O)C4)nc21. The quantitative estimate of drug-likeness (QED) is 0.780. The number of carbonyl (C=O) groups is 1. The Morgan fingerprint density at radius 1 is 1.17 bits per heavy atom. The molecule has 0 unspecified atom stereocenters. The highest BCUT2D eigenvalue weighted by atomic mass is 32.2. The van der Waals surface area contributed by atoms with Crippen LogP contribution < -0.4 is 15.1 Å². The molecule has 3 heterocycles. The van der Waals surface area contributed by atoms with E-state index in [0.717, 1.165) is 35.5 Å². The molecule has 0 aliphatic carbocycles. The summed E-state index contributed by atoms with van der Waals surface area (Å²) in [5.74, 6) is 1.39. The number of nitrogens with one attached hydrogen (secondary N) is 1. The van der Waals surface area contributed by atoms with Crippen LogP contribution in [0.2, 0.25) is 0 Å². The maximum atomic E-state index is 12.4. The number of nitrogens with zero attached hydrogens (tertiary/aromatic N) is 4. The van der Waals surface area contributed by atoms with Crippen molar-refractivity contribution in [2.24, 2.45) is 0 Å². The molecular formula is C21H27N5O3S. The molecule has 1 amide bonds. The number of amides is 1. The van der Waals surface area contributed by atoms with Gasteiger partial charge in [0, 0.05) is 31.7 Å². The molecule has 0 radical (unpaired) electrons. The molecule has 1 N–H and O–H groups in total. The summed E-state index contributed by atoms with van der Waals surface area (Å²) in [6.45, 7) is 4.90. The normalized spacial score (nSPS) is 17.7. The van der Waals surface area contributed by atoms with E-state index in [0.29, 0.717) is 24.6 Å². The van der Waals surface area contributed by atoms with Crippen LogP contribution in [0.5, 0.6) is 0 Å². The van der Waals surface area contributed by atoms with Crippen molar-refractivity contribution in [2.75, 3.05) is 28.7 Å². The molecule has 2 aliphatic rings. The van der Waals surface area contributed by atoms with Crippen LogP contribution in [0.25, 0.3) is 0 Å². The van der Waals surface area contributed by atoms with E-state index in [2.05, 4.69) is 29.0 Å². The van der Waals surface area contributed by atoms with E-state index in [1.165, 1.54) is 0 Å². The van der Waals surface area contributed by atoms with Crippen LogP contribution in [-0.4, -0.2) is 43.9 Å². The first-order valence-corrected chi connectivity index (χ1v) is 12.1. The molecule has 9 heteroatoms. The van der Waals surface area contributed by atoms with E-state index in [1.807, 2.05) is 18.2 Å². The highest BCUT2D eigenvalue weighted by Crippen LogP contribution is 2.34. The van der Waals surface area contributed by atoms with E-state index in [4.69, 9.17) is 4.98 Å². The van der Waals surface area contributed by atoms with Crippen molar-refractivity contribution in [3.05, 3.63) is 35.5 Å². The van der Waals surface area contributed by atoms with Gasteiger partial charge in [0.1, 0.15) is 5.69 Å². The predicted octanol–water partition coefficient (Wildman–Crippen LogP) is 3.01. The van der Waals surface area contributed by atoms with E-state index >= 15 is 0 Å². The molecule has 0 atom stereocenters. The predicted molar refractivity (Wildman–Crippen MR) is 118 cm³/mol. The van der Waals surface area contributed by atoms with Gasteiger partial charge >= 0.3 is 0 Å². The average Bonchev–Trinajstić information content (AvgIpc) is 2.97. The molecule has 0 fully saturated rings. The lowest BCUT2D eigenvalue weighted by Crippen LogP contribution is -2.36. The third-order valence-electron chi connectivity index (χ3n) is 5.92. The maximum Gasteiger partial charge on any atom is 0.229 e. The zero-order valence-electron chi connectivity index (χ0n) is 17.6. The van der Waals surface area contributed by atoms with Crippen LogP contribution in [-0.2, 0) is 26.1 Å². The van der Waals surface area contributed by atoms with E-state index in [-0.39, 0.29) is 23.5 Å². The van der Waals surface area contributed by atoms with Gasteiger partial charge in [-0.2, -0.15) is 4.98 Å². The second kappa shape index (κ2) is 7.86. The molecule has 160 valence electrons. The maximum absolute atomic E-state index is 12.4. The first-order valence-electron chi connectivity index (χ1n) is 10.3. The van der Waals surface area contributed by atoms with Gasteiger partial charge in [0.15, 0.2) is 15.7 Å². The van der Waals surface area contributed by atoms with Crippen molar-refractivity contribution in [2.45, 2.75) is 50.7 Å². The highest BCUT2D eigenvalue weighted by Gasteiger charge is 2.29. The molecule has 0 saturated heterocycles. The number of fused-ring (bicyclic) bond motifs is 2. The van der Waals surface area contributed by atoms with Crippen molar-refractivity contribution < 1.29 is 13.2 Å². The van der Waals surface area contributed by atoms with Crippen molar-refractivity contribution in [1.29, 1.82) is 0 Å². The van der Waals surface area contributed by atoms with E-state index in [1.54, 1.807) is 18.1 Å². The zero-order chi connectivity index (χ0) is 21.5. The molecule has 1 aromatic heterocycles. The minimum absolute atomic E-state index is 0.0499. The van der Waals surface area contributed by atoms with Crippen LogP contribution in [0.4, 0.5) is 23.1 Å². The summed E-state index contributed by atoms with van der Waals surface area (Å²) in [6.07, 6.45) is 4.03. The van der Waals surface area contributed by atoms with Crippen molar-refractivity contribution in [3.8, 4) is 0 Å². The Kier molecular flexibility index (Phi) is 5.40. The third kappa shape index (κ3) is 3.86. The minimum atomic E-state index is -3.05. The van der Waals surface area contributed by atoms with Gasteiger partial charge in [0.05, 0.1) is 17.7 Å². The molecule has 30 heavy (non-hydrogen) atoms. The Morgan fingerprint density at radius 3 is 2.63 bits per heavy atom. The largest absolute Gasteiger partial charge is 0.351 e. The van der Waals surface area contributed by atoms with Gasteiger partial charge in [-0.25, -0.2) is 13.4 Å². The van der Waals surface area contributed by atoms with Crippen LogP contribution in [0.1, 0.15) is 44.2 Å². The van der Waals surface area contributed by atoms with Gasteiger partial charge in [-0.1, -0.05) is 19.9 Å². The number of sulfone groups is 1. The molecule has 2 aromatic rings. The second-order valence-corrected chi connectivity index (χ2v) is 9.97. The smallest absolute Gasteiger partial charge is 0.229 e. The Bertz CT molecular complexity index is 1080. The number of benzene rings is 1. The van der Waals surface area contributed by atoms with E-state index in [9.17, 15) is 13.2 Å². The Balaban J connectivity index is 1.68. The molecule has 2 aliphatic heterocycles. The van der Waals surface area contributed by atoms with Gasteiger partial charge in [0.2, 0.25) is 11.9 Å². The summed E-state index contributed by atoms with van der Waals surface area (Å²) >= 11 is 0. The Morgan fingerprint density at radius 2 is 1.90 bits per heavy atom. The van der Waals surface area contributed by atoms with Gasteiger partial charge in [-0.3, -0.25) is 4.79 Å². The summed E-state index contributed by atoms with van der Waals surface area (Å²) in [5, 5.41) is 3.21. The molecule has 0 saturated carbocycles. The lowest BCUT2D eigenvalue weighted by molar-refractivity contribution is -0.118. The van der Waals surface area contributed by atoms with Crippen molar-refractivity contribution in [1.82, 2.24) is 9.97 Å². The van der Waals surface area contributed by atoms with Gasteiger partial charge in [0.25, 0.3) is 0 Å². The lowest BCUT2D eigenvalue weighted by Gasteiger charge is -2.31. The van der Waals surface area contributed by atoms with Crippen molar-refractivity contribution >= 4 is 38.9 Å². The lowest BCUT2D eigenvalue weighted by atomic mass is 10.1. The van der Waals surface area contributed by atoms with Gasteiger partial charge in [-0.15, -0.1) is 0 Å². The summed E-state index contributed by atoms with van der Waals surface area (Å²) in [4.78, 5) is 25.5. The Hall–Kier alpha value is -2.68. The summed E-state index contributed by atoms with van der Waals surface area (Å²) in [5.41, 5.74) is 3.12. The van der Waals surface area contributed by atoms with Crippen LogP contribution in [0.3, 0.4) is 0 Å². The fourth-order valence-corrected chi connectivity index (χ4v) is 5.82. The van der Waals surface area contributed by atoms with Crippen LogP contribution in [0.15, 0.2) is 24.4 Å². The summed E-state index contributed by atoms with van der Waals surface area (Å²) in [6, 6.07) is 5.83. The van der Waals surface area contributed by atoms with Crippen LogP contribution >= 0.6 is 0 Å². The number of rotatable bonds is 5. The molecule has 8 nitrogen and oxygen atoms in total. The number of hydrogen-bond donors (Lipinski definition) is 1. The van der Waals surface area contributed by atoms with E-state index < -0.39 is 9.84 Å². The molecule has 1 aromatic carbocycles. The standard InChI is InChI=1S/C21H27N5O3S/c1-4-17(5-2)26-9-8-19(27)25(3)18-11-22-21(24-20(18)26)23-16-7-6-14-12-30(28,29)13-15(14)10-16/h6-7,10-11,17H,4-5,8-9,12-13H2,1-3H3,(H,22,23,24). The van der Waals surface area contributed by atoms with Crippen LogP contribution in [0, 0.1) is 0 Å².